The van der Waals surface area contributed by atoms with Crippen LogP contribution in [0.5, 0.6) is 0 Å². The van der Waals surface area contributed by atoms with Crippen LogP contribution in [0, 0.1) is 5.92 Å². The van der Waals surface area contributed by atoms with Gasteiger partial charge in [-0.2, -0.15) is 0 Å². The number of carboxylic acids is 1. The monoisotopic (exact) mass is 199 g/mol. The molecule has 0 aromatic rings. The lowest BCUT2D eigenvalue weighted by Gasteiger charge is -2.20. The highest BCUT2D eigenvalue weighted by Gasteiger charge is 2.06. The second kappa shape index (κ2) is 7.56. The quantitative estimate of drug-likeness (QED) is 0.608. The Kier molecular flexibility index (Phi) is 7.11. The average Bonchev–Trinajstić information content (AvgIpc) is 2.09. The molecule has 0 rings (SSSR count). The molecule has 14 heavy (non-hydrogen) atoms. The van der Waals surface area contributed by atoms with Crippen molar-refractivity contribution in [1.29, 1.82) is 0 Å². The molecule has 0 aromatic heterocycles. The summed E-state index contributed by atoms with van der Waals surface area (Å²) in [6, 6.07) is 0. The van der Waals surface area contributed by atoms with Crippen LogP contribution in [0.2, 0.25) is 0 Å². The van der Waals surface area contributed by atoms with Crippen molar-refractivity contribution in [2.45, 2.75) is 26.7 Å². The number of rotatable bonds is 8. The Morgan fingerprint density at radius 1 is 1.50 bits per heavy atom. The van der Waals surface area contributed by atoms with Crippen molar-refractivity contribution in [2.75, 3.05) is 19.6 Å². The Labute approximate surface area is 86.4 Å². The van der Waals surface area contributed by atoms with Crippen LogP contribution in [0.15, 0.2) is 12.7 Å². The predicted octanol–water partition coefficient (Wildman–Crippen LogP) is 2.00. The van der Waals surface area contributed by atoms with Crippen molar-refractivity contribution in [1.82, 2.24) is 4.90 Å². The van der Waals surface area contributed by atoms with Gasteiger partial charge in [-0.1, -0.05) is 19.9 Å². The third kappa shape index (κ3) is 7.80. The van der Waals surface area contributed by atoms with Crippen LogP contribution < -0.4 is 0 Å². The van der Waals surface area contributed by atoms with Crippen molar-refractivity contribution in [3.8, 4) is 0 Å². The Bertz CT molecular complexity index is 178. The third-order valence-electron chi connectivity index (χ3n) is 2.05. The van der Waals surface area contributed by atoms with Crippen LogP contribution in [0.1, 0.15) is 26.7 Å². The maximum atomic E-state index is 10.4. The van der Waals surface area contributed by atoms with Gasteiger partial charge in [-0.15, -0.1) is 6.58 Å². The van der Waals surface area contributed by atoms with Crippen LogP contribution >= 0.6 is 0 Å². The minimum absolute atomic E-state index is 0.214. The highest BCUT2D eigenvalue weighted by atomic mass is 16.4. The van der Waals surface area contributed by atoms with Gasteiger partial charge in [0.25, 0.3) is 0 Å². The van der Waals surface area contributed by atoms with Crippen LogP contribution in [-0.4, -0.2) is 35.6 Å². The van der Waals surface area contributed by atoms with Crippen LogP contribution in [-0.2, 0) is 4.79 Å². The number of hydrogen-bond acceptors (Lipinski definition) is 2. The molecule has 0 fully saturated rings. The first-order chi connectivity index (χ1) is 6.56. The molecular formula is C11H21NO2. The van der Waals surface area contributed by atoms with Crippen LogP contribution in [0.25, 0.3) is 0 Å². The fourth-order valence-corrected chi connectivity index (χ4v) is 1.17. The second-order valence-corrected chi connectivity index (χ2v) is 3.92. The maximum Gasteiger partial charge on any atom is 0.304 e. The smallest absolute Gasteiger partial charge is 0.304 e. The molecule has 0 bridgehead atoms. The largest absolute Gasteiger partial charge is 0.481 e. The molecule has 0 saturated carbocycles. The number of aliphatic carboxylic acids is 1. The minimum atomic E-state index is -0.733. The van der Waals surface area contributed by atoms with Gasteiger partial charge in [-0.05, 0) is 18.9 Å². The number of carboxylic acid groups (broad SMARTS) is 1. The van der Waals surface area contributed by atoms with Gasteiger partial charge in [0.05, 0.1) is 6.42 Å². The molecule has 0 spiro atoms. The topological polar surface area (TPSA) is 40.5 Å². The molecule has 0 unspecified atom stereocenters. The summed E-state index contributed by atoms with van der Waals surface area (Å²) < 4.78 is 0. The maximum absolute atomic E-state index is 10.4. The second-order valence-electron chi connectivity index (χ2n) is 3.92. The average molecular weight is 199 g/mol. The molecule has 0 atom stereocenters. The summed E-state index contributed by atoms with van der Waals surface area (Å²) in [6.45, 7) is 10.4. The normalized spacial score (nSPS) is 10.9. The SMILES string of the molecule is C=CCN(CCC(=O)O)CCC(C)C. The molecule has 82 valence electrons. The lowest BCUT2D eigenvalue weighted by atomic mass is 10.1. The molecule has 0 aliphatic carbocycles. The third-order valence-corrected chi connectivity index (χ3v) is 2.05. The van der Waals surface area contributed by atoms with E-state index in [9.17, 15) is 4.79 Å². The molecule has 0 amide bonds. The Balaban J connectivity index is 3.76. The van der Waals surface area contributed by atoms with Crippen molar-refractivity contribution < 1.29 is 9.90 Å². The van der Waals surface area contributed by atoms with Gasteiger partial charge in [-0.25, -0.2) is 0 Å². The van der Waals surface area contributed by atoms with Gasteiger partial charge in [-0.3, -0.25) is 9.69 Å². The van der Waals surface area contributed by atoms with E-state index in [0.29, 0.717) is 12.5 Å². The molecule has 0 heterocycles. The van der Waals surface area contributed by atoms with E-state index in [1.54, 1.807) is 0 Å². The minimum Gasteiger partial charge on any atom is -0.481 e. The summed E-state index contributed by atoms with van der Waals surface area (Å²) in [7, 11) is 0. The molecule has 3 heteroatoms. The summed E-state index contributed by atoms with van der Waals surface area (Å²) in [5.41, 5.74) is 0. The molecule has 0 aliphatic heterocycles. The Morgan fingerprint density at radius 3 is 2.57 bits per heavy atom. The van der Waals surface area contributed by atoms with Crippen molar-refractivity contribution in [3.63, 3.8) is 0 Å². The first-order valence-corrected chi connectivity index (χ1v) is 5.11. The molecule has 0 aromatic carbocycles. The predicted molar refractivity (Wildman–Crippen MR) is 58.3 cm³/mol. The molecule has 0 radical (unpaired) electrons. The summed E-state index contributed by atoms with van der Waals surface area (Å²) in [4.78, 5) is 12.5. The van der Waals surface area contributed by atoms with E-state index < -0.39 is 5.97 Å². The first-order valence-electron chi connectivity index (χ1n) is 5.11. The van der Waals surface area contributed by atoms with Crippen molar-refractivity contribution in [3.05, 3.63) is 12.7 Å². The van der Waals surface area contributed by atoms with E-state index in [-0.39, 0.29) is 6.42 Å². The van der Waals surface area contributed by atoms with E-state index in [4.69, 9.17) is 5.11 Å². The molecule has 0 saturated heterocycles. The zero-order valence-corrected chi connectivity index (χ0v) is 9.20. The Morgan fingerprint density at radius 2 is 2.14 bits per heavy atom. The fourth-order valence-electron chi connectivity index (χ4n) is 1.17. The van der Waals surface area contributed by atoms with E-state index in [1.165, 1.54) is 0 Å². The standard InChI is InChI=1S/C11H21NO2/c1-4-7-12(8-5-10(2)3)9-6-11(13)14/h4,10H,1,5-9H2,2-3H3,(H,13,14). The van der Waals surface area contributed by atoms with Crippen molar-refractivity contribution in [2.24, 2.45) is 5.92 Å². The molecule has 3 nitrogen and oxygen atoms in total. The highest BCUT2D eigenvalue weighted by Crippen LogP contribution is 2.02. The number of nitrogens with zero attached hydrogens (tertiary/aromatic N) is 1. The van der Waals surface area contributed by atoms with E-state index in [0.717, 1.165) is 19.5 Å². The Hall–Kier alpha value is -0.830. The van der Waals surface area contributed by atoms with Gasteiger partial charge in [0.2, 0.25) is 0 Å². The van der Waals surface area contributed by atoms with Crippen LogP contribution in [0.4, 0.5) is 0 Å². The van der Waals surface area contributed by atoms with Crippen LogP contribution in [0.3, 0.4) is 0 Å². The zero-order chi connectivity index (χ0) is 11.0. The summed E-state index contributed by atoms with van der Waals surface area (Å²) >= 11 is 0. The van der Waals surface area contributed by atoms with E-state index >= 15 is 0 Å². The zero-order valence-electron chi connectivity index (χ0n) is 9.20. The van der Waals surface area contributed by atoms with Gasteiger partial charge in [0.1, 0.15) is 0 Å². The van der Waals surface area contributed by atoms with E-state index in [2.05, 4.69) is 25.3 Å². The summed E-state index contributed by atoms with van der Waals surface area (Å²) in [6.07, 6.45) is 3.14. The first kappa shape index (κ1) is 13.2. The van der Waals surface area contributed by atoms with Gasteiger partial charge < -0.3 is 5.11 Å². The fraction of sp³-hybridized carbons (Fsp3) is 0.727. The van der Waals surface area contributed by atoms with Gasteiger partial charge in [0.15, 0.2) is 0 Å². The van der Waals surface area contributed by atoms with Gasteiger partial charge >= 0.3 is 5.97 Å². The highest BCUT2D eigenvalue weighted by molar-refractivity contribution is 5.66. The number of carbonyl (C=O) groups is 1. The van der Waals surface area contributed by atoms with E-state index in [1.807, 2.05) is 6.08 Å². The lowest BCUT2D eigenvalue weighted by molar-refractivity contribution is -0.137. The molecule has 0 aliphatic rings. The lowest BCUT2D eigenvalue weighted by Crippen LogP contribution is -2.28. The number of hydrogen-bond donors (Lipinski definition) is 1. The molecule has 1 N–H and O–H groups in total. The molecular weight excluding hydrogens is 178 g/mol. The summed E-state index contributed by atoms with van der Waals surface area (Å²) in [5.74, 6) is -0.0734. The van der Waals surface area contributed by atoms with Gasteiger partial charge in [0, 0.05) is 13.1 Å². The van der Waals surface area contributed by atoms with Crippen molar-refractivity contribution >= 4 is 5.97 Å². The summed E-state index contributed by atoms with van der Waals surface area (Å²) in [5, 5.41) is 8.56.